The highest BCUT2D eigenvalue weighted by atomic mass is 35.5. The lowest BCUT2D eigenvalue weighted by Crippen LogP contribution is -2.40. The fraction of sp³-hybridized carbons (Fsp3) is 0.333. The number of sulfonamides is 1. The first-order valence-electron chi connectivity index (χ1n) is 9.57. The van der Waals surface area contributed by atoms with Gasteiger partial charge in [-0.25, -0.2) is 22.7 Å². The van der Waals surface area contributed by atoms with Crippen molar-refractivity contribution in [1.82, 2.24) is 9.29 Å². The zero-order valence-corrected chi connectivity index (χ0v) is 18.9. The number of benzene rings is 2. The predicted molar refractivity (Wildman–Crippen MR) is 117 cm³/mol. The van der Waals surface area contributed by atoms with E-state index >= 15 is 0 Å². The molecule has 0 aliphatic rings. The molecule has 10 heteroatoms. The Hall–Kier alpha value is -2.62. The molecule has 0 bridgehead atoms. The molecule has 1 N–H and O–H groups in total. The lowest BCUT2D eigenvalue weighted by atomic mass is 10.1. The molecule has 8 nitrogen and oxygen atoms in total. The van der Waals surface area contributed by atoms with Gasteiger partial charge >= 0.3 is 11.7 Å². The van der Waals surface area contributed by atoms with Gasteiger partial charge in [0.25, 0.3) is 0 Å². The van der Waals surface area contributed by atoms with Crippen LogP contribution < -0.4 is 10.5 Å². The number of aromatic nitrogens is 1. The maximum Gasteiger partial charge on any atom is 0.419 e. The molecule has 0 aliphatic carbocycles. The Morgan fingerprint density at radius 1 is 1.19 bits per heavy atom. The molecule has 0 unspecified atom stereocenters. The molecule has 1 aromatic heterocycles. The fourth-order valence-corrected chi connectivity index (χ4v) is 4.94. The molecule has 3 aromatic rings. The molecule has 0 saturated heterocycles. The van der Waals surface area contributed by atoms with E-state index in [0.717, 1.165) is 0 Å². The lowest BCUT2D eigenvalue weighted by molar-refractivity contribution is 0.0495. The minimum absolute atomic E-state index is 0.000453. The number of para-hydroxylation sites is 2. The van der Waals surface area contributed by atoms with E-state index in [4.69, 9.17) is 20.8 Å². The Bertz CT molecular complexity index is 1270. The van der Waals surface area contributed by atoms with Gasteiger partial charge in [-0.1, -0.05) is 23.7 Å². The zero-order valence-electron chi connectivity index (χ0n) is 17.3. The number of fused-ring (bicyclic) bond motifs is 1. The Morgan fingerprint density at radius 3 is 2.61 bits per heavy atom. The number of esters is 1. The van der Waals surface area contributed by atoms with Crippen molar-refractivity contribution in [2.45, 2.75) is 44.2 Å². The van der Waals surface area contributed by atoms with Gasteiger partial charge in [0.2, 0.25) is 10.0 Å². The third-order valence-electron chi connectivity index (χ3n) is 4.23. The first-order chi connectivity index (χ1) is 14.5. The Kier molecular flexibility index (Phi) is 6.59. The summed E-state index contributed by atoms with van der Waals surface area (Å²) in [5.74, 6) is -1.17. The predicted octanol–water partition coefficient (Wildman–Crippen LogP) is 3.57. The number of nitrogens with one attached hydrogen (secondary N) is 1. The number of nitrogens with zero attached hydrogens (tertiary/aromatic N) is 1. The van der Waals surface area contributed by atoms with Crippen LogP contribution in [0, 0.1) is 0 Å². The van der Waals surface area contributed by atoms with Crippen molar-refractivity contribution in [3.63, 3.8) is 0 Å². The number of carbonyl (C=O) groups is 1. The van der Waals surface area contributed by atoms with Crippen molar-refractivity contribution < 1.29 is 22.4 Å². The van der Waals surface area contributed by atoms with E-state index < -0.39 is 27.3 Å². The second kappa shape index (κ2) is 8.86. The summed E-state index contributed by atoms with van der Waals surface area (Å²) >= 11 is 6.05. The van der Waals surface area contributed by atoms with E-state index in [1.165, 1.54) is 22.8 Å². The maximum absolute atomic E-state index is 12.6. The van der Waals surface area contributed by atoms with Crippen LogP contribution in [0.3, 0.4) is 0 Å². The van der Waals surface area contributed by atoms with E-state index in [1.54, 1.807) is 45.0 Å². The number of ether oxygens (including phenoxy) is 1. The molecule has 2 aromatic carbocycles. The van der Waals surface area contributed by atoms with Crippen LogP contribution in [-0.4, -0.2) is 31.1 Å². The average molecular weight is 467 g/mol. The van der Waals surface area contributed by atoms with Crippen molar-refractivity contribution in [3.05, 3.63) is 63.6 Å². The molecule has 0 amide bonds. The topological polar surface area (TPSA) is 108 Å². The molecular formula is C21H23ClN2O6S. The van der Waals surface area contributed by atoms with E-state index in [9.17, 15) is 18.0 Å². The minimum atomic E-state index is -3.92. The van der Waals surface area contributed by atoms with Gasteiger partial charge in [0, 0.05) is 12.1 Å². The van der Waals surface area contributed by atoms with E-state index in [2.05, 4.69) is 4.72 Å². The fourth-order valence-electron chi connectivity index (χ4n) is 2.99. The quantitative estimate of drug-likeness (QED) is 0.421. The molecule has 0 atom stereocenters. The van der Waals surface area contributed by atoms with E-state index in [-0.39, 0.29) is 22.1 Å². The summed E-state index contributed by atoms with van der Waals surface area (Å²) in [6.07, 6.45) is 0.375. The number of carbonyl (C=O) groups excluding carboxylic acids is 1. The van der Waals surface area contributed by atoms with E-state index in [0.29, 0.717) is 24.1 Å². The summed E-state index contributed by atoms with van der Waals surface area (Å²) in [4.78, 5) is 24.2. The summed E-state index contributed by atoms with van der Waals surface area (Å²) in [5, 5.41) is -0.000453. The molecule has 0 fully saturated rings. The van der Waals surface area contributed by atoms with Crippen molar-refractivity contribution in [1.29, 1.82) is 0 Å². The van der Waals surface area contributed by atoms with Crippen LogP contribution >= 0.6 is 11.6 Å². The summed E-state index contributed by atoms with van der Waals surface area (Å²) in [5.41, 5.74) is 0.499. The molecule has 3 rings (SSSR count). The van der Waals surface area contributed by atoms with Crippen LogP contribution in [0.2, 0.25) is 5.02 Å². The molecule has 0 aliphatic heterocycles. The third kappa shape index (κ3) is 5.55. The molecule has 31 heavy (non-hydrogen) atoms. The van der Waals surface area contributed by atoms with Gasteiger partial charge in [0.15, 0.2) is 5.58 Å². The van der Waals surface area contributed by atoms with Crippen LogP contribution in [0.25, 0.3) is 11.1 Å². The first kappa shape index (κ1) is 23.1. The highest BCUT2D eigenvalue weighted by Crippen LogP contribution is 2.24. The van der Waals surface area contributed by atoms with Gasteiger partial charge < -0.3 is 9.15 Å². The number of hydrogen-bond acceptors (Lipinski definition) is 6. The highest BCUT2D eigenvalue weighted by Gasteiger charge is 2.25. The minimum Gasteiger partial charge on any atom is -0.462 e. The number of halogens is 1. The maximum atomic E-state index is 12.6. The molecule has 166 valence electrons. The summed E-state index contributed by atoms with van der Waals surface area (Å²) in [6.45, 7) is 5.44. The number of oxazole rings is 1. The van der Waals surface area contributed by atoms with Crippen molar-refractivity contribution >= 4 is 38.7 Å². The smallest absolute Gasteiger partial charge is 0.419 e. The Morgan fingerprint density at radius 2 is 1.90 bits per heavy atom. The summed E-state index contributed by atoms with van der Waals surface area (Å²) in [7, 11) is -3.92. The number of aryl methyl sites for hydroxylation is 1. The standard InChI is InChI=1S/C21H23ClN2O6S/c1-21(2,3)23-31(27,28)18-13-14(9-10-15(18)22)19(25)29-12-6-11-24-16-7-4-5-8-17(16)30-20(24)26/h4-5,7-10,13,23H,6,11-12H2,1-3H3. The first-order valence-corrected chi connectivity index (χ1v) is 11.4. The highest BCUT2D eigenvalue weighted by molar-refractivity contribution is 7.89. The van der Waals surface area contributed by atoms with Crippen molar-refractivity contribution in [2.24, 2.45) is 0 Å². The Balaban J connectivity index is 1.66. The summed E-state index contributed by atoms with van der Waals surface area (Å²) in [6, 6.07) is 11.0. The largest absolute Gasteiger partial charge is 0.462 e. The third-order valence-corrected chi connectivity index (χ3v) is 6.47. The van der Waals surface area contributed by atoms with Crippen LogP contribution in [-0.2, 0) is 21.3 Å². The summed E-state index contributed by atoms with van der Waals surface area (Å²) < 4.78 is 39.5. The molecular weight excluding hydrogens is 444 g/mol. The lowest BCUT2D eigenvalue weighted by Gasteiger charge is -2.21. The van der Waals surface area contributed by atoms with Gasteiger partial charge in [-0.3, -0.25) is 4.57 Å². The van der Waals surface area contributed by atoms with Gasteiger partial charge in [0.05, 0.1) is 22.7 Å². The molecule has 0 radical (unpaired) electrons. The Labute approximate surface area is 184 Å². The number of rotatable bonds is 7. The zero-order chi connectivity index (χ0) is 22.8. The van der Waals surface area contributed by atoms with Gasteiger partial charge in [-0.05, 0) is 57.5 Å². The average Bonchev–Trinajstić information content (AvgIpc) is 2.98. The second-order valence-electron chi connectivity index (χ2n) is 7.98. The van der Waals surface area contributed by atoms with Crippen molar-refractivity contribution in [3.8, 4) is 0 Å². The molecule has 1 heterocycles. The van der Waals surface area contributed by atoms with Gasteiger partial charge in [0.1, 0.15) is 4.90 Å². The molecule has 0 saturated carbocycles. The van der Waals surface area contributed by atoms with Crippen LogP contribution in [0.5, 0.6) is 0 Å². The van der Waals surface area contributed by atoms with Gasteiger partial charge in [-0.15, -0.1) is 0 Å². The van der Waals surface area contributed by atoms with E-state index in [1.807, 2.05) is 0 Å². The molecule has 0 spiro atoms. The van der Waals surface area contributed by atoms with Crippen molar-refractivity contribution in [2.75, 3.05) is 6.61 Å². The number of hydrogen-bond donors (Lipinski definition) is 1. The second-order valence-corrected chi connectivity index (χ2v) is 10.0. The SMILES string of the molecule is CC(C)(C)NS(=O)(=O)c1cc(C(=O)OCCCn2c(=O)oc3ccccc32)ccc1Cl. The van der Waals surface area contributed by atoms with Crippen LogP contribution in [0.4, 0.5) is 0 Å². The monoisotopic (exact) mass is 466 g/mol. The van der Waals surface area contributed by atoms with Crippen LogP contribution in [0.15, 0.2) is 56.6 Å². The van der Waals surface area contributed by atoms with Gasteiger partial charge in [-0.2, -0.15) is 0 Å². The normalized spacial score (nSPS) is 12.3. The van der Waals surface area contributed by atoms with Crippen LogP contribution in [0.1, 0.15) is 37.6 Å².